The van der Waals surface area contributed by atoms with Gasteiger partial charge in [-0.25, -0.2) is 9.78 Å². The van der Waals surface area contributed by atoms with Crippen LogP contribution in [0.5, 0.6) is 0 Å². The molecule has 0 atom stereocenters. The van der Waals surface area contributed by atoms with Crippen LogP contribution in [0.25, 0.3) is 11.0 Å². The maximum absolute atomic E-state index is 13.7. The number of aryl methyl sites for hydroxylation is 2. The molecule has 1 N–H and O–H groups in total. The van der Waals surface area contributed by atoms with Crippen molar-refractivity contribution < 1.29 is 4.79 Å². The lowest BCUT2D eigenvalue weighted by molar-refractivity contribution is 0.0763. The molecule has 186 valence electrons. The quantitative estimate of drug-likeness (QED) is 0.565. The average Bonchev–Trinajstić information content (AvgIpc) is 3.09. The maximum atomic E-state index is 13.7. The minimum absolute atomic E-state index is 0.0508. The van der Waals surface area contributed by atoms with E-state index in [1.54, 1.807) is 6.07 Å². The van der Waals surface area contributed by atoms with Crippen LogP contribution in [0.2, 0.25) is 0 Å². The Morgan fingerprint density at radius 2 is 1.86 bits per heavy atom. The average molecular weight is 478 g/mol. The van der Waals surface area contributed by atoms with Gasteiger partial charge in [-0.3, -0.25) is 19.1 Å². The Labute approximate surface area is 205 Å². The number of carbonyl (C=O) groups excluding carboxylic acids is 1. The fraction of sp³-hybridized carbons (Fsp3) is 0.481. The van der Waals surface area contributed by atoms with Gasteiger partial charge in [0.05, 0.1) is 10.9 Å². The molecule has 1 aromatic carbocycles. The van der Waals surface area contributed by atoms with Gasteiger partial charge in [-0.2, -0.15) is 0 Å². The van der Waals surface area contributed by atoms with E-state index in [1.165, 1.54) is 10.1 Å². The Bertz CT molecular complexity index is 1300. The third kappa shape index (κ3) is 5.53. The molecule has 8 nitrogen and oxygen atoms in total. The molecule has 0 spiro atoms. The molecule has 1 fully saturated rings. The van der Waals surface area contributed by atoms with Crippen LogP contribution in [-0.2, 0) is 13.0 Å². The standard InChI is InChI=1S/C27H35N5O3/c1-4-32-24-23(25(33)29-27(32)35)21(18-22(28-24)19(2)3)26(34)31-15-9-14-30(16-17-31)13-8-12-20-10-6-5-7-11-20/h5-7,10-11,18-19H,4,8-9,12-17H2,1-3H3,(H,29,33,35). The number of aromatic nitrogens is 3. The predicted octanol–water partition coefficient (Wildman–Crippen LogP) is 3.01. The number of nitrogens with zero attached hydrogens (tertiary/aromatic N) is 4. The first kappa shape index (κ1) is 24.9. The number of rotatable bonds is 7. The van der Waals surface area contributed by atoms with Crippen LogP contribution < -0.4 is 11.2 Å². The number of amides is 1. The van der Waals surface area contributed by atoms with Crippen LogP contribution >= 0.6 is 0 Å². The number of pyridine rings is 1. The molecule has 0 bridgehead atoms. The van der Waals surface area contributed by atoms with Gasteiger partial charge in [-0.05, 0) is 56.8 Å². The highest BCUT2D eigenvalue weighted by molar-refractivity contribution is 6.05. The number of H-pyrrole nitrogens is 1. The maximum Gasteiger partial charge on any atom is 0.329 e. The lowest BCUT2D eigenvalue weighted by atomic mass is 10.0. The second-order valence-electron chi connectivity index (χ2n) is 9.53. The molecule has 0 radical (unpaired) electrons. The Morgan fingerprint density at radius 3 is 2.57 bits per heavy atom. The molecule has 1 saturated heterocycles. The van der Waals surface area contributed by atoms with Crippen LogP contribution in [-0.4, -0.2) is 63.0 Å². The van der Waals surface area contributed by atoms with Gasteiger partial charge in [0.25, 0.3) is 11.5 Å². The van der Waals surface area contributed by atoms with Gasteiger partial charge < -0.3 is 9.80 Å². The summed E-state index contributed by atoms with van der Waals surface area (Å²) in [5.41, 5.74) is 1.61. The van der Waals surface area contributed by atoms with Crippen molar-refractivity contribution in [2.45, 2.75) is 52.5 Å². The van der Waals surface area contributed by atoms with Gasteiger partial charge in [-0.15, -0.1) is 0 Å². The van der Waals surface area contributed by atoms with E-state index < -0.39 is 11.2 Å². The lowest BCUT2D eigenvalue weighted by Gasteiger charge is -2.23. The minimum atomic E-state index is -0.557. The van der Waals surface area contributed by atoms with Crippen LogP contribution in [0.3, 0.4) is 0 Å². The summed E-state index contributed by atoms with van der Waals surface area (Å²) >= 11 is 0. The number of fused-ring (bicyclic) bond motifs is 1. The number of aromatic amines is 1. The van der Waals surface area contributed by atoms with E-state index in [0.29, 0.717) is 30.9 Å². The fourth-order valence-electron chi connectivity index (χ4n) is 4.77. The number of carbonyl (C=O) groups is 1. The zero-order chi connectivity index (χ0) is 24.9. The smallest absolute Gasteiger partial charge is 0.329 e. The molecule has 3 heterocycles. The van der Waals surface area contributed by atoms with Gasteiger partial charge in [0.2, 0.25) is 0 Å². The first-order chi connectivity index (χ1) is 16.9. The monoisotopic (exact) mass is 477 g/mol. The van der Waals surface area contributed by atoms with Crippen molar-refractivity contribution in [3.05, 3.63) is 74.1 Å². The van der Waals surface area contributed by atoms with E-state index in [0.717, 1.165) is 38.9 Å². The highest BCUT2D eigenvalue weighted by Gasteiger charge is 2.25. The number of hydrogen-bond acceptors (Lipinski definition) is 5. The summed E-state index contributed by atoms with van der Waals surface area (Å²) < 4.78 is 1.43. The zero-order valence-corrected chi connectivity index (χ0v) is 20.9. The van der Waals surface area contributed by atoms with Gasteiger partial charge in [0.15, 0.2) is 5.65 Å². The second kappa shape index (κ2) is 11.0. The van der Waals surface area contributed by atoms with E-state index in [-0.39, 0.29) is 22.9 Å². The third-order valence-corrected chi connectivity index (χ3v) is 6.77. The molecule has 1 aliphatic heterocycles. The largest absolute Gasteiger partial charge is 0.337 e. The van der Waals surface area contributed by atoms with Crippen molar-refractivity contribution in [3.63, 3.8) is 0 Å². The summed E-state index contributed by atoms with van der Waals surface area (Å²) in [5.74, 6) is -0.118. The van der Waals surface area contributed by atoms with Crippen LogP contribution in [0.1, 0.15) is 61.1 Å². The summed E-state index contributed by atoms with van der Waals surface area (Å²) in [6, 6.07) is 12.2. The molecule has 8 heteroatoms. The summed E-state index contributed by atoms with van der Waals surface area (Å²) in [6.07, 6.45) is 3.00. The van der Waals surface area contributed by atoms with E-state index >= 15 is 0 Å². The van der Waals surface area contributed by atoms with Crippen LogP contribution in [0, 0.1) is 0 Å². The fourth-order valence-corrected chi connectivity index (χ4v) is 4.77. The molecule has 0 unspecified atom stereocenters. The zero-order valence-electron chi connectivity index (χ0n) is 20.9. The summed E-state index contributed by atoms with van der Waals surface area (Å²) in [5, 5.41) is 0.199. The van der Waals surface area contributed by atoms with E-state index in [4.69, 9.17) is 0 Å². The first-order valence-corrected chi connectivity index (χ1v) is 12.6. The van der Waals surface area contributed by atoms with E-state index in [9.17, 15) is 14.4 Å². The Hall–Kier alpha value is -3.26. The molecular weight excluding hydrogens is 442 g/mol. The Kier molecular flexibility index (Phi) is 7.80. The van der Waals surface area contributed by atoms with Gasteiger partial charge in [-0.1, -0.05) is 44.2 Å². The highest BCUT2D eigenvalue weighted by Crippen LogP contribution is 2.22. The molecule has 1 aliphatic rings. The van der Waals surface area contributed by atoms with Crippen molar-refractivity contribution in [3.8, 4) is 0 Å². The normalized spacial score (nSPS) is 15.0. The molecule has 0 saturated carbocycles. The van der Waals surface area contributed by atoms with Gasteiger partial charge >= 0.3 is 5.69 Å². The minimum Gasteiger partial charge on any atom is -0.337 e. The van der Waals surface area contributed by atoms with E-state index in [1.807, 2.05) is 31.7 Å². The molecule has 35 heavy (non-hydrogen) atoms. The number of nitrogens with one attached hydrogen (secondary N) is 1. The Balaban J connectivity index is 1.55. The van der Waals surface area contributed by atoms with Crippen LogP contribution in [0.15, 0.2) is 46.0 Å². The third-order valence-electron chi connectivity index (χ3n) is 6.77. The summed E-state index contributed by atoms with van der Waals surface area (Å²) in [4.78, 5) is 50.2. The Morgan fingerprint density at radius 1 is 1.09 bits per heavy atom. The second-order valence-corrected chi connectivity index (χ2v) is 9.53. The lowest BCUT2D eigenvalue weighted by Crippen LogP contribution is -2.37. The van der Waals surface area contributed by atoms with Crippen molar-refractivity contribution in [2.24, 2.45) is 0 Å². The SMILES string of the molecule is CCn1c(=O)[nH]c(=O)c2c(C(=O)N3CCCN(CCCc4ccccc4)CC3)cc(C(C)C)nc21. The first-order valence-electron chi connectivity index (χ1n) is 12.6. The molecule has 4 rings (SSSR count). The molecule has 1 amide bonds. The van der Waals surface area contributed by atoms with E-state index in [2.05, 4.69) is 39.1 Å². The van der Waals surface area contributed by atoms with Crippen LogP contribution in [0.4, 0.5) is 0 Å². The predicted molar refractivity (Wildman–Crippen MR) is 138 cm³/mol. The molecule has 2 aromatic heterocycles. The van der Waals surface area contributed by atoms with Crippen molar-refractivity contribution in [1.29, 1.82) is 0 Å². The number of hydrogen-bond donors (Lipinski definition) is 1. The topological polar surface area (TPSA) is 91.3 Å². The number of benzene rings is 1. The van der Waals surface area contributed by atoms with Gasteiger partial charge in [0.1, 0.15) is 0 Å². The highest BCUT2D eigenvalue weighted by atomic mass is 16.2. The van der Waals surface area contributed by atoms with Crippen molar-refractivity contribution >= 4 is 16.9 Å². The molecular formula is C27H35N5O3. The van der Waals surface area contributed by atoms with Crippen molar-refractivity contribution in [1.82, 2.24) is 24.3 Å². The molecule has 0 aliphatic carbocycles. The summed E-state index contributed by atoms with van der Waals surface area (Å²) in [6.45, 7) is 10.2. The molecule has 3 aromatic rings. The van der Waals surface area contributed by atoms with Gasteiger partial charge in [0, 0.05) is 31.9 Å². The van der Waals surface area contributed by atoms with Crippen molar-refractivity contribution in [2.75, 3.05) is 32.7 Å². The summed E-state index contributed by atoms with van der Waals surface area (Å²) in [7, 11) is 0.